The summed E-state index contributed by atoms with van der Waals surface area (Å²) >= 11 is 5.89. The van der Waals surface area contributed by atoms with Crippen LogP contribution in [0, 0.1) is 5.92 Å². The monoisotopic (exact) mass is 323 g/mol. The lowest BCUT2D eigenvalue weighted by atomic mass is 9.80. The molecule has 118 valence electrons. The standard InChI is InChI=1S/C14H18ClN5O2/c1-22-13-11-9(16-14(15)17-13)6-20(18-11)7-10-12(21)8-2-4-19(10)5-3-8/h6,8,10,12,21H,2-5,7H2,1H3. The molecule has 2 bridgehead atoms. The van der Waals surface area contributed by atoms with Crippen LogP contribution in [-0.2, 0) is 6.54 Å². The summed E-state index contributed by atoms with van der Waals surface area (Å²) in [6.07, 6.45) is 3.73. The zero-order valence-corrected chi connectivity index (χ0v) is 13.1. The SMILES string of the molecule is COc1nc(Cl)nc2cn(CC3C(O)C4CCN3CC4)nc12. The van der Waals surface area contributed by atoms with Gasteiger partial charge in [0, 0.05) is 0 Å². The van der Waals surface area contributed by atoms with Gasteiger partial charge in [-0.2, -0.15) is 10.1 Å². The van der Waals surface area contributed by atoms with Crippen molar-refractivity contribution >= 4 is 22.6 Å². The molecule has 5 heterocycles. The maximum atomic E-state index is 10.5. The van der Waals surface area contributed by atoms with E-state index >= 15 is 0 Å². The molecule has 22 heavy (non-hydrogen) atoms. The number of aliphatic hydroxyl groups is 1. The summed E-state index contributed by atoms with van der Waals surface area (Å²) in [6, 6.07) is 0.108. The maximum absolute atomic E-state index is 10.5. The van der Waals surface area contributed by atoms with E-state index in [4.69, 9.17) is 16.3 Å². The lowest BCUT2D eigenvalue weighted by Gasteiger charge is -2.48. The van der Waals surface area contributed by atoms with Crippen molar-refractivity contribution in [3.8, 4) is 5.88 Å². The normalized spacial score (nSPS) is 30.9. The molecule has 3 fully saturated rings. The Morgan fingerprint density at radius 3 is 2.82 bits per heavy atom. The number of hydrogen-bond acceptors (Lipinski definition) is 6. The van der Waals surface area contributed by atoms with E-state index in [1.165, 1.54) is 7.11 Å². The van der Waals surface area contributed by atoms with Gasteiger partial charge in [0.1, 0.15) is 5.52 Å². The Morgan fingerprint density at radius 1 is 1.36 bits per heavy atom. The van der Waals surface area contributed by atoms with Gasteiger partial charge in [-0.25, -0.2) is 4.98 Å². The second-order valence-electron chi connectivity index (χ2n) is 6.02. The molecule has 0 radical (unpaired) electrons. The minimum atomic E-state index is -0.286. The Labute approximate surface area is 132 Å². The van der Waals surface area contributed by atoms with Crippen LogP contribution in [0.2, 0.25) is 5.28 Å². The molecular formula is C14H18ClN5O2. The summed E-state index contributed by atoms with van der Waals surface area (Å²) in [7, 11) is 1.53. The van der Waals surface area contributed by atoms with E-state index in [1.54, 1.807) is 0 Å². The van der Waals surface area contributed by atoms with Crippen molar-refractivity contribution in [2.45, 2.75) is 31.5 Å². The van der Waals surface area contributed by atoms with E-state index in [1.807, 2.05) is 10.9 Å². The van der Waals surface area contributed by atoms with Crippen LogP contribution in [0.15, 0.2) is 6.20 Å². The van der Waals surface area contributed by atoms with Crippen LogP contribution < -0.4 is 4.74 Å². The molecule has 0 aromatic carbocycles. The smallest absolute Gasteiger partial charge is 0.246 e. The number of rotatable bonds is 3. The van der Waals surface area contributed by atoms with Crippen LogP contribution in [0.1, 0.15) is 12.8 Å². The van der Waals surface area contributed by atoms with E-state index in [0.29, 0.717) is 29.4 Å². The van der Waals surface area contributed by atoms with E-state index in [2.05, 4.69) is 20.0 Å². The van der Waals surface area contributed by atoms with E-state index in [9.17, 15) is 5.11 Å². The van der Waals surface area contributed by atoms with Crippen molar-refractivity contribution in [3.63, 3.8) is 0 Å². The third-order valence-electron chi connectivity index (χ3n) is 4.84. The average molecular weight is 324 g/mol. The molecule has 0 amide bonds. The molecule has 3 saturated heterocycles. The lowest BCUT2D eigenvalue weighted by molar-refractivity contribution is -0.0784. The van der Waals surface area contributed by atoms with Gasteiger partial charge in [-0.3, -0.25) is 9.58 Å². The molecule has 2 unspecified atom stereocenters. The highest BCUT2D eigenvalue weighted by molar-refractivity contribution is 6.28. The second-order valence-corrected chi connectivity index (χ2v) is 6.36. The Morgan fingerprint density at radius 2 is 2.14 bits per heavy atom. The first-order chi connectivity index (χ1) is 10.7. The summed E-state index contributed by atoms with van der Waals surface area (Å²) in [5.74, 6) is 0.795. The van der Waals surface area contributed by atoms with Crippen molar-refractivity contribution in [1.82, 2.24) is 24.6 Å². The molecule has 2 atom stereocenters. The van der Waals surface area contributed by atoms with Crippen molar-refractivity contribution in [2.75, 3.05) is 20.2 Å². The van der Waals surface area contributed by atoms with Crippen LogP contribution in [0.25, 0.3) is 11.0 Å². The molecule has 0 saturated carbocycles. The van der Waals surface area contributed by atoms with Gasteiger partial charge in [0.25, 0.3) is 0 Å². The molecule has 3 aliphatic heterocycles. The first kappa shape index (κ1) is 14.2. The number of piperidine rings is 3. The Kier molecular flexibility index (Phi) is 3.43. The van der Waals surface area contributed by atoms with E-state index < -0.39 is 0 Å². The Balaban J connectivity index is 1.64. The second kappa shape index (κ2) is 5.33. The number of fused-ring (bicyclic) bond motifs is 4. The van der Waals surface area contributed by atoms with E-state index in [0.717, 1.165) is 25.9 Å². The Bertz CT molecular complexity index is 696. The quantitative estimate of drug-likeness (QED) is 0.847. The predicted octanol–water partition coefficient (Wildman–Crippen LogP) is 0.943. The fourth-order valence-corrected chi connectivity index (χ4v) is 3.85. The zero-order chi connectivity index (χ0) is 15.3. The summed E-state index contributed by atoms with van der Waals surface area (Å²) in [5.41, 5.74) is 1.25. The third kappa shape index (κ3) is 2.24. The molecular weight excluding hydrogens is 306 g/mol. The van der Waals surface area contributed by atoms with Gasteiger partial charge >= 0.3 is 0 Å². The highest BCUT2D eigenvalue weighted by Gasteiger charge is 2.41. The number of ether oxygens (including phenoxy) is 1. The molecule has 2 aromatic heterocycles. The molecule has 7 nitrogen and oxygen atoms in total. The molecule has 5 rings (SSSR count). The van der Waals surface area contributed by atoms with Gasteiger partial charge in [-0.05, 0) is 43.5 Å². The molecule has 0 spiro atoms. The number of hydrogen-bond donors (Lipinski definition) is 1. The van der Waals surface area contributed by atoms with Crippen molar-refractivity contribution in [2.24, 2.45) is 5.92 Å². The van der Waals surface area contributed by atoms with Crippen molar-refractivity contribution in [1.29, 1.82) is 0 Å². The average Bonchev–Trinajstić information content (AvgIpc) is 2.92. The van der Waals surface area contributed by atoms with Gasteiger partial charge in [-0.1, -0.05) is 0 Å². The fourth-order valence-electron chi connectivity index (χ4n) is 3.68. The molecule has 2 aromatic rings. The predicted molar refractivity (Wildman–Crippen MR) is 81.0 cm³/mol. The van der Waals surface area contributed by atoms with Gasteiger partial charge in [-0.15, -0.1) is 0 Å². The largest absolute Gasteiger partial charge is 0.479 e. The summed E-state index contributed by atoms with van der Waals surface area (Å²) in [4.78, 5) is 10.6. The first-order valence-electron chi connectivity index (χ1n) is 7.52. The summed E-state index contributed by atoms with van der Waals surface area (Å²) in [6.45, 7) is 2.75. The molecule has 8 heteroatoms. The third-order valence-corrected chi connectivity index (χ3v) is 5.01. The minimum absolute atomic E-state index is 0.108. The molecule has 1 N–H and O–H groups in total. The van der Waals surface area contributed by atoms with Gasteiger partial charge in [0.05, 0.1) is 32.0 Å². The minimum Gasteiger partial charge on any atom is -0.479 e. The van der Waals surface area contributed by atoms with Gasteiger partial charge in [0.15, 0.2) is 5.52 Å². The lowest BCUT2D eigenvalue weighted by Crippen LogP contribution is -2.59. The number of halogens is 1. The molecule has 0 aliphatic carbocycles. The number of methoxy groups -OCH3 is 1. The topological polar surface area (TPSA) is 76.3 Å². The maximum Gasteiger partial charge on any atom is 0.246 e. The molecule has 3 aliphatic rings. The number of aromatic nitrogens is 4. The van der Waals surface area contributed by atoms with Crippen LogP contribution in [0.3, 0.4) is 0 Å². The summed E-state index contributed by atoms with van der Waals surface area (Å²) < 4.78 is 7.02. The first-order valence-corrected chi connectivity index (χ1v) is 7.90. The van der Waals surface area contributed by atoms with Crippen LogP contribution >= 0.6 is 11.6 Å². The zero-order valence-electron chi connectivity index (χ0n) is 12.3. The van der Waals surface area contributed by atoms with Gasteiger partial charge in [0.2, 0.25) is 11.2 Å². The Hall–Kier alpha value is -1.44. The summed E-state index contributed by atoms with van der Waals surface area (Å²) in [5, 5.41) is 15.1. The van der Waals surface area contributed by atoms with Gasteiger partial charge < -0.3 is 9.84 Å². The van der Waals surface area contributed by atoms with Crippen molar-refractivity contribution in [3.05, 3.63) is 11.5 Å². The highest BCUT2D eigenvalue weighted by Crippen LogP contribution is 2.33. The highest BCUT2D eigenvalue weighted by atomic mass is 35.5. The fraction of sp³-hybridized carbons (Fsp3) is 0.643. The van der Waals surface area contributed by atoms with Crippen molar-refractivity contribution < 1.29 is 9.84 Å². The van der Waals surface area contributed by atoms with Crippen LogP contribution in [0.5, 0.6) is 5.88 Å². The number of aliphatic hydroxyl groups excluding tert-OH is 1. The number of nitrogens with zero attached hydrogens (tertiary/aromatic N) is 5. The van der Waals surface area contributed by atoms with E-state index in [-0.39, 0.29) is 17.4 Å². The van der Waals surface area contributed by atoms with Crippen LogP contribution in [0.4, 0.5) is 0 Å². The van der Waals surface area contributed by atoms with Crippen LogP contribution in [-0.4, -0.2) is 62.1 Å².